The quantitative estimate of drug-likeness (QED) is 0.848. The van der Waals surface area contributed by atoms with Crippen LogP contribution in [-0.4, -0.2) is 47.2 Å². The lowest BCUT2D eigenvalue weighted by atomic mass is 10.2. The highest BCUT2D eigenvalue weighted by Crippen LogP contribution is 2.24. The van der Waals surface area contributed by atoms with Crippen LogP contribution in [0, 0.1) is 0 Å². The Morgan fingerprint density at radius 2 is 2.27 bits per heavy atom. The van der Waals surface area contributed by atoms with Crippen molar-refractivity contribution >= 4 is 10.0 Å². The maximum Gasteiger partial charge on any atom is 0.266 e. The van der Waals surface area contributed by atoms with E-state index in [0.29, 0.717) is 5.69 Å². The van der Waals surface area contributed by atoms with E-state index in [1.807, 2.05) is 0 Å². The molecule has 118 valence electrons. The van der Waals surface area contributed by atoms with Crippen molar-refractivity contribution in [3.05, 3.63) is 46.6 Å². The minimum absolute atomic E-state index is 0.150. The number of aryl methyl sites for hydroxylation is 1. The number of morpholine rings is 1. The standard InChI is InChI=1S/C13H16N4O4S/c1-16-13(18)7-11(15-16)12-9-17(5-6-21-12)22(19,20)10-3-2-4-14-8-10/h2-4,7-8,12,15H,5-6,9H2,1H3. The van der Waals surface area contributed by atoms with Crippen LogP contribution in [0.3, 0.4) is 0 Å². The topological polar surface area (TPSA) is 97.3 Å². The Balaban J connectivity index is 1.85. The number of nitrogens with one attached hydrogen (secondary N) is 1. The monoisotopic (exact) mass is 324 g/mol. The molecule has 0 radical (unpaired) electrons. The Morgan fingerprint density at radius 1 is 1.45 bits per heavy atom. The number of sulfonamides is 1. The fourth-order valence-corrected chi connectivity index (χ4v) is 3.75. The van der Waals surface area contributed by atoms with E-state index in [2.05, 4.69) is 10.1 Å². The number of H-pyrrole nitrogens is 1. The highest BCUT2D eigenvalue weighted by Gasteiger charge is 2.32. The molecule has 2 aromatic heterocycles. The normalized spacial score (nSPS) is 20.1. The second-order valence-corrected chi connectivity index (χ2v) is 6.96. The van der Waals surface area contributed by atoms with E-state index in [4.69, 9.17) is 4.74 Å². The highest BCUT2D eigenvalue weighted by molar-refractivity contribution is 7.89. The molecule has 0 aromatic carbocycles. The molecule has 1 N–H and O–H groups in total. The summed E-state index contributed by atoms with van der Waals surface area (Å²) in [6.07, 6.45) is 2.36. The summed E-state index contributed by atoms with van der Waals surface area (Å²) in [7, 11) is -2.02. The SMILES string of the molecule is Cn1[nH]c(C2CN(S(=O)(=O)c3cccnc3)CCO2)cc1=O. The highest BCUT2D eigenvalue weighted by atomic mass is 32.2. The summed E-state index contributed by atoms with van der Waals surface area (Å²) < 4.78 is 33.4. The van der Waals surface area contributed by atoms with Crippen molar-refractivity contribution < 1.29 is 13.2 Å². The Morgan fingerprint density at radius 3 is 2.91 bits per heavy atom. The molecule has 9 heteroatoms. The van der Waals surface area contributed by atoms with Gasteiger partial charge < -0.3 is 4.74 Å². The van der Waals surface area contributed by atoms with Crippen molar-refractivity contribution in [1.29, 1.82) is 0 Å². The van der Waals surface area contributed by atoms with Gasteiger partial charge in [0.25, 0.3) is 5.56 Å². The number of rotatable bonds is 3. The van der Waals surface area contributed by atoms with Gasteiger partial charge in [-0.25, -0.2) is 8.42 Å². The predicted octanol–water partition coefficient (Wildman–Crippen LogP) is -0.129. The molecule has 22 heavy (non-hydrogen) atoms. The molecule has 8 nitrogen and oxygen atoms in total. The third-order valence-electron chi connectivity index (χ3n) is 3.55. The van der Waals surface area contributed by atoms with E-state index in [9.17, 15) is 13.2 Å². The van der Waals surface area contributed by atoms with Crippen LogP contribution in [0.2, 0.25) is 0 Å². The van der Waals surface area contributed by atoms with Crippen LogP contribution in [0.4, 0.5) is 0 Å². The van der Waals surface area contributed by atoms with Gasteiger partial charge in [0.2, 0.25) is 10.0 Å². The summed E-state index contributed by atoms with van der Waals surface area (Å²) in [5.74, 6) is 0. The van der Waals surface area contributed by atoms with Crippen LogP contribution >= 0.6 is 0 Å². The Kier molecular flexibility index (Phi) is 3.85. The van der Waals surface area contributed by atoms with Gasteiger partial charge in [-0.2, -0.15) is 4.31 Å². The molecule has 1 aliphatic rings. The van der Waals surface area contributed by atoms with Crippen LogP contribution in [0.1, 0.15) is 11.8 Å². The van der Waals surface area contributed by atoms with Crippen molar-refractivity contribution in [2.24, 2.45) is 7.05 Å². The maximum atomic E-state index is 12.6. The fourth-order valence-electron chi connectivity index (χ4n) is 2.36. The van der Waals surface area contributed by atoms with Crippen LogP contribution in [0.15, 0.2) is 40.3 Å². The first-order valence-electron chi connectivity index (χ1n) is 6.76. The van der Waals surface area contributed by atoms with Crippen molar-refractivity contribution in [2.75, 3.05) is 19.7 Å². The molecule has 0 aliphatic carbocycles. The number of hydrogen-bond donors (Lipinski definition) is 1. The number of nitrogens with zero attached hydrogens (tertiary/aromatic N) is 3. The van der Waals surface area contributed by atoms with E-state index in [0.717, 1.165) is 0 Å². The first-order chi connectivity index (χ1) is 10.5. The number of pyridine rings is 1. The second-order valence-electron chi connectivity index (χ2n) is 5.02. The Hall–Kier alpha value is -1.97. The fraction of sp³-hybridized carbons (Fsp3) is 0.385. The molecule has 1 fully saturated rings. The Bertz CT molecular complexity index is 812. The smallest absolute Gasteiger partial charge is 0.266 e. The van der Waals surface area contributed by atoms with E-state index in [-0.39, 0.29) is 30.2 Å². The summed E-state index contributed by atoms with van der Waals surface area (Å²) in [6, 6.07) is 4.52. The zero-order valence-electron chi connectivity index (χ0n) is 12.0. The lowest BCUT2D eigenvalue weighted by molar-refractivity contribution is -0.00521. The molecular weight excluding hydrogens is 308 g/mol. The van der Waals surface area contributed by atoms with Gasteiger partial charge in [0.05, 0.1) is 12.3 Å². The first-order valence-corrected chi connectivity index (χ1v) is 8.20. The van der Waals surface area contributed by atoms with Gasteiger partial charge in [-0.15, -0.1) is 0 Å². The van der Waals surface area contributed by atoms with Crippen LogP contribution in [0.5, 0.6) is 0 Å². The number of ether oxygens (including phenoxy) is 1. The molecule has 1 aliphatic heterocycles. The molecule has 3 heterocycles. The molecular formula is C13H16N4O4S. The minimum Gasteiger partial charge on any atom is -0.369 e. The van der Waals surface area contributed by atoms with E-state index in [1.54, 1.807) is 13.1 Å². The van der Waals surface area contributed by atoms with Gasteiger partial charge in [0, 0.05) is 38.6 Å². The third kappa shape index (κ3) is 2.70. The summed E-state index contributed by atoms with van der Waals surface area (Å²) in [6.45, 7) is 0.684. The van der Waals surface area contributed by atoms with Gasteiger partial charge in [-0.1, -0.05) is 0 Å². The second kappa shape index (κ2) is 5.67. The molecule has 0 spiro atoms. The average molecular weight is 324 g/mol. The van der Waals surface area contributed by atoms with E-state index >= 15 is 0 Å². The number of hydrogen-bond acceptors (Lipinski definition) is 5. The van der Waals surface area contributed by atoms with Gasteiger partial charge in [-0.3, -0.25) is 19.6 Å². The summed E-state index contributed by atoms with van der Waals surface area (Å²) in [4.78, 5) is 15.5. The van der Waals surface area contributed by atoms with Crippen LogP contribution < -0.4 is 5.56 Å². The molecule has 1 saturated heterocycles. The minimum atomic E-state index is -3.61. The third-order valence-corrected chi connectivity index (χ3v) is 5.40. The van der Waals surface area contributed by atoms with Crippen molar-refractivity contribution in [3.8, 4) is 0 Å². The van der Waals surface area contributed by atoms with Crippen LogP contribution in [0.25, 0.3) is 0 Å². The maximum absolute atomic E-state index is 12.6. The summed E-state index contributed by atoms with van der Waals surface area (Å²) >= 11 is 0. The summed E-state index contributed by atoms with van der Waals surface area (Å²) in [5, 5.41) is 2.87. The molecule has 0 saturated carbocycles. The summed E-state index contributed by atoms with van der Waals surface area (Å²) in [5.41, 5.74) is 0.379. The molecule has 0 bridgehead atoms. The van der Waals surface area contributed by atoms with Crippen molar-refractivity contribution in [2.45, 2.75) is 11.0 Å². The lowest BCUT2D eigenvalue weighted by Gasteiger charge is -2.31. The van der Waals surface area contributed by atoms with E-state index < -0.39 is 16.1 Å². The average Bonchev–Trinajstić information content (AvgIpc) is 2.88. The van der Waals surface area contributed by atoms with Gasteiger partial charge >= 0.3 is 0 Å². The molecule has 2 aromatic rings. The largest absolute Gasteiger partial charge is 0.369 e. The van der Waals surface area contributed by atoms with Gasteiger partial charge in [0.1, 0.15) is 11.0 Å². The zero-order chi connectivity index (χ0) is 15.7. The Labute approximate surface area is 127 Å². The number of aromatic nitrogens is 3. The van der Waals surface area contributed by atoms with Crippen molar-refractivity contribution in [3.63, 3.8) is 0 Å². The molecule has 3 rings (SSSR count). The molecule has 1 atom stereocenters. The van der Waals surface area contributed by atoms with Crippen molar-refractivity contribution in [1.82, 2.24) is 19.1 Å². The zero-order valence-corrected chi connectivity index (χ0v) is 12.8. The molecule has 1 unspecified atom stereocenters. The lowest BCUT2D eigenvalue weighted by Crippen LogP contribution is -2.42. The predicted molar refractivity (Wildman–Crippen MR) is 77.7 cm³/mol. The van der Waals surface area contributed by atoms with Gasteiger partial charge in [0.15, 0.2) is 0 Å². The first kappa shape index (κ1) is 14.9. The molecule has 0 amide bonds. The van der Waals surface area contributed by atoms with Crippen LogP contribution in [-0.2, 0) is 21.8 Å². The van der Waals surface area contributed by atoms with Gasteiger partial charge in [-0.05, 0) is 12.1 Å². The number of aromatic amines is 1. The van der Waals surface area contributed by atoms with E-state index in [1.165, 1.54) is 33.5 Å².